The first-order valence-corrected chi connectivity index (χ1v) is 5.66. The van der Waals surface area contributed by atoms with E-state index in [2.05, 4.69) is 10.1 Å². The minimum atomic E-state index is -4.37. The molecule has 3 nitrogen and oxygen atoms in total. The number of hydrogen-bond acceptors (Lipinski definition) is 3. The van der Waals surface area contributed by atoms with Crippen LogP contribution in [0.4, 0.5) is 13.2 Å². The molecule has 0 aromatic heterocycles. The van der Waals surface area contributed by atoms with E-state index in [0.29, 0.717) is 5.56 Å². The molecule has 1 aromatic rings. The summed E-state index contributed by atoms with van der Waals surface area (Å²) in [5.74, 6) is -0.473. The molecule has 0 aliphatic carbocycles. The molecule has 19 heavy (non-hydrogen) atoms. The molecule has 106 valence electrons. The summed E-state index contributed by atoms with van der Waals surface area (Å²) in [5.41, 5.74) is -1.21. The van der Waals surface area contributed by atoms with Gasteiger partial charge in [0.2, 0.25) is 0 Å². The smallest absolute Gasteiger partial charge is 0.416 e. The molecular formula is C13H16F3NO2. The first-order valence-electron chi connectivity index (χ1n) is 5.66. The molecule has 6 heteroatoms. The van der Waals surface area contributed by atoms with Crippen LogP contribution in [0, 0.1) is 0 Å². The van der Waals surface area contributed by atoms with Crippen LogP contribution >= 0.6 is 0 Å². The van der Waals surface area contributed by atoms with Gasteiger partial charge in [-0.05, 0) is 25.5 Å². The van der Waals surface area contributed by atoms with E-state index >= 15 is 0 Å². The fraction of sp³-hybridized carbons (Fsp3) is 0.462. The summed E-state index contributed by atoms with van der Waals surface area (Å²) in [5, 5.41) is 2.86. The van der Waals surface area contributed by atoms with E-state index in [1.807, 2.05) is 0 Å². The summed E-state index contributed by atoms with van der Waals surface area (Å²) in [6, 6.07) is 4.97. The highest BCUT2D eigenvalue weighted by Crippen LogP contribution is 2.29. The Morgan fingerprint density at radius 3 is 2.47 bits per heavy atom. The van der Waals surface area contributed by atoms with Crippen LogP contribution in [0.1, 0.15) is 25.0 Å². The molecule has 0 heterocycles. The maximum atomic E-state index is 12.5. The van der Waals surface area contributed by atoms with Gasteiger partial charge in [0.25, 0.3) is 0 Å². The van der Waals surface area contributed by atoms with Crippen molar-refractivity contribution < 1.29 is 22.7 Å². The molecular weight excluding hydrogens is 259 g/mol. The lowest BCUT2D eigenvalue weighted by Gasteiger charge is -2.23. The highest BCUT2D eigenvalue weighted by molar-refractivity contribution is 5.79. The molecule has 1 rings (SSSR count). The Kier molecular flexibility index (Phi) is 4.57. The van der Waals surface area contributed by atoms with Gasteiger partial charge in [-0.3, -0.25) is 10.1 Å². The average molecular weight is 275 g/mol. The van der Waals surface area contributed by atoms with E-state index in [1.54, 1.807) is 19.9 Å². The maximum absolute atomic E-state index is 12.5. The molecule has 1 aromatic carbocycles. The monoisotopic (exact) mass is 275 g/mol. The maximum Gasteiger partial charge on any atom is 0.416 e. The van der Waals surface area contributed by atoms with Crippen molar-refractivity contribution in [1.82, 2.24) is 5.32 Å². The Bertz CT molecular complexity index is 455. The van der Waals surface area contributed by atoms with E-state index in [1.165, 1.54) is 13.2 Å². The van der Waals surface area contributed by atoms with Gasteiger partial charge in [0.1, 0.15) is 5.54 Å². The van der Waals surface area contributed by atoms with Crippen molar-refractivity contribution in [3.05, 3.63) is 35.4 Å². The van der Waals surface area contributed by atoms with Crippen LogP contribution in [0.5, 0.6) is 0 Å². The topological polar surface area (TPSA) is 38.3 Å². The summed E-state index contributed by atoms with van der Waals surface area (Å²) in [6.07, 6.45) is -4.37. The first-order chi connectivity index (χ1) is 8.66. The second-order valence-corrected chi connectivity index (χ2v) is 4.67. The van der Waals surface area contributed by atoms with Crippen LogP contribution in [0.2, 0.25) is 0 Å². The van der Waals surface area contributed by atoms with Gasteiger partial charge in [-0.25, -0.2) is 0 Å². The molecule has 0 saturated carbocycles. The number of ether oxygens (including phenoxy) is 1. The Hall–Kier alpha value is -1.56. The SMILES string of the molecule is COC(=O)C(C)(C)NCc1cccc(C(F)(F)F)c1. The molecule has 1 N–H and O–H groups in total. The zero-order valence-electron chi connectivity index (χ0n) is 11.0. The second-order valence-electron chi connectivity index (χ2n) is 4.67. The molecule has 0 aliphatic rings. The molecule has 0 amide bonds. The number of hydrogen-bond donors (Lipinski definition) is 1. The van der Waals surface area contributed by atoms with Crippen LogP contribution < -0.4 is 5.32 Å². The number of alkyl halides is 3. The van der Waals surface area contributed by atoms with Crippen molar-refractivity contribution in [3.8, 4) is 0 Å². The van der Waals surface area contributed by atoms with Gasteiger partial charge in [0.15, 0.2) is 0 Å². The van der Waals surface area contributed by atoms with Crippen molar-refractivity contribution in [2.45, 2.75) is 32.1 Å². The van der Waals surface area contributed by atoms with Gasteiger partial charge in [0, 0.05) is 6.54 Å². The zero-order valence-corrected chi connectivity index (χ0v) is 11.0. The van der Waals surface area contributed by atoms with Crippen molar-refractivity contribution in [1.29, 1.82) is 0 Å². The minimum absolute atomic E-state index is 0.145. The Morgan fingerprint density at radius 1 is 1.32 bits per heavy atom. The highest BCUT2D eigenvalue weighted by atomic mass is 19.4. The first kappa shape index (κ1) is 15.5. The highest BCUT2D eigenvalue weighted by Gasteiger charge is 2.31. The van der Waals surface area contributed by atoms with Gasteiger partial charge in [-0.2, -0.15) is 13.2 Å². The van der Waals surface area contributed by atoms with Gasteiger partial charge < -0.3 is 4.74 Å². The van der Waals surface area contributed by atoms with Gasteiger partial charge in [-0.1, -0.05) is 18.2 Å². The van der Waals surface area contributed by atoms with Crippen molar-refractivity contribution in [3.63, 3.8) is 0 Å². The fourth-order valence-corrected chi connectivity index (χ4v) is 1.51. The largest absolute Gasteiger partial charge is 0.468 e. The fourth-order valence-electron chi connectivity index (χ4n) is 1.51. The molecule has 0 bridgehead atoms. The summed E-state index contributed by atoms with van der Waals surface area (Å²) in [6.45, 7) is 3.35. The molecule has 0 radical (unpaired) electrons. The van der Waals surface area contributed by atoms with Crippen LogP contribution in [0.15, 0.2) is 24.3 Å². The van der Waals surface area contributed by atoms with Crippen LogP contribution in [-0.4, -0.2) is 18.6 Å². The van der Waals surface area contributed by atoms with Gasteiger partial charge >= 0.3 is 12.1 Å². The Balaban J connectivity index is 2.77. The van der Waals surface area contributed by atoms with Crippen LogP contribution in [0.3, 0.4) is 0 Å². The zero-order chi connectivity index (χ0) is 14.7. The average Bonchev–Trinajstić information content (AvgIpc) is 2.35. The van der Waals surface area contributed by atoms with Crippen molar-refractivity contribution in [2.75, 3.05) is 7.11 Å². The third-order valence-corrected chi connectivity index (χ3v) is 2.68. The normalized spacial score (nSPS) is 12.3. The van der Waals surface area contributed by atoms with E-state index in [0.717, 1.165) is 12.1 Å². The van der Waals surface area contributed by atoms with Crippen molar-refractivity contribution >= 4 is 5.97 Å². The number of halogens is 3. The summed E-state index contributed by atoms with van der Waals surface area (Å²) < 4.78 is 42.2. The second kappa shape index (κ2) is 5.61. The molecule has 0 saturated heterocycles. The number of carbonyl (C=O) groups is 1. The van der Waals surface area contributed by atoms with Crippen molar-refractivity contribution in [2.24, 2.45) is 0 Å². The number of esters is 1. The van der Waals surface area contributed by atoms with Crippen LogP contribution in [-0.2, 0) is 22.3 Å². The third-order valence-electron chi connectivity index (χ3n) is 2.68. The lowest BCUT2D eigenvalue weighted by molar-refractivity contribution is -0.147. The quantitative estimate of drug-likeness (QED) is 0.859. The molecule has 0 atom stereocenters. The lowest BCUT2D eigenvalue weighted by atomic mass is 10.0. The van der Waals surface area contributed by atoms with E-state index in [-0.39, 0.29) is 6.54 Å². The summed E-state index contributed by atoms with van der Waals surface area (Å²) >= 11 is 0. The number of nitrogens with one attached hydrogen (secondary N) is 1. The number of methoxy groups -OCH3 is 1. The molecule has 0 unspecified atom stereocenters. The summed E-state index contributed by atoms with van der Waals surface area (Å²) in [4.78, 5) is 11.4. The van der Waals surface area contributed by atoms with Gasteiger partial charge in [0.05, 0.1) is 12.7 Å². The number of benzene rings is 1. The number of carbonyl (C=O) groups excluding carboxylic acids is 1. The third kappa shape index (κ3) is 4.24. The van der Waals surface area contributed by atoms with E-state index < -0.39 is 23.2 Å². The Labute approximate surface area is 109 Å². The predicted octanol–water partition coefficient (Wildman–Crippen LogP) is 2.75. The molecule has 0 aliphatic heterocycles. The van der Waals surface area contributed by atoms with E-state index in [9.17, 15) is 18.0 Å². The van der Waals surface area contributed by atoms with Gasteiger partial charge in [-0.15, -0.1) is 0 Å². The molecule has 0 spiro atoms. The number of rotatable bonds is 4. The van der Waals surface area contributed by atoms with Crippen LogP contribution in [0.25, 0.3) is 0 Å². The molecule has 0 fully saturated rings. The standard InChI is InChI=1S/C13H16F3NO2/c1-12(2,11(18)19-3)17-8-9-5-4-6-10(7-9)13(14,15)16/h4-7,17H,8H2,1-3H3. The predicted molar refractivity (Wildman–Crippen MR) is 64.4 cm³/mol. The minimum Gasteiger partial charge on any atom is -0.468 e. The Morgan fingerprint density at radius 2 is 1.95 bits per heavy atom. The summed E-state index contributed by atoms with van der Waals surface area (Å²) in [7, 11) is 1.26. The lowest BCUT2D eigenvalue weighted by Crippen LogP contribution is -2.46. The van der Waals surface area contributed by atoms with E-state index in [4.69, 9.17) is 0 Å².